The van der Waals surface area contributed by atoms with E-state index >= 15 is 0 Å². The lowest BCUT2D eigenvalue weighted by atomic mass is 9.97. The fourth-order valence-corrected chi connectivity index (χ4v) is 0.861. The van der Waals surface area contributed by atoms with E-state index in [-0.39, 0.29) is 5.92 Å². The number of carbonyl (C=O) groups excluding carboxylic acids is 1. The van der Waals surface area contributed by atoms with Gasteiger partial charge >= 0.3 is 0 Å². The second-order valence-corrected chi connectivity index (χ2v) is 2.22. The molecule has 1 rings (SSSR count). The number of allylic oxidation sites excluding steroid dienone is 2. The number of hydrogen-bond donors (Lipinski definition) is 0. The maximum Gasteiger partial charge on any atom is 0.139 e. The van der Waals surface area contributed by atoms with Crippen molar-refractivity contribution >= 4 is 5.78 Å². The van der Waals surface area contributed by atoms with E-state index in [0.717, 1.165) is 12.8 Å². The Labute approximate surface area is 49.4 Å². The molecule has 8 heavy (non-hydrogen) atoms. The zero-order valence-electron chi connectivity index (χ0n) is 5.05. The molecule has 1 unspecified atom stereocenters. The molecule has 0 saturated carbocycles. The zero-order valence-corrected chi connectivity index (χ0v) is 5.05. The minimum atomic E-state index is 0.184. The van der Waals surface area contributed by atoms with Gasteiger partial charge in [-0.3, -0.25) is 4.79 Å². The van der Waals surface area contributed by atoms with Crippen LogP contribution in [-0.2, 0) is 4.79 Å². The van der Waals surface area contributed by atoms with Crippen LogP contribution < -0.4 is 0 Å². The topological polar surface area (TPSA) is 17.1 Å². The molecule has 0 N–H and O–H groups in total. The lowest BCUT2D eigenvalue weighted by molar-refractivity contribution is -0.121. The lowest BCUT2D eigenvalue weighted by Gasteiger charge is -2.07. The van der Waals surface area contributed by atoms with Gasteiger partial charge in [-0.1, -0.05) is 19.1 Å². The van der Waals surface area contributed by atoms with E-state index in [1.165, 1.54) is 0 Å². The molecule has 1 aliphatic rings. The van der Waals surface area contributed by atoms with Gasteiger partial charge in [-0.05, 0) is 6.42 Å². The van der Waals surface area contributed by atoms with Gasteiger partial charge in [0.15, 0.2) is 0 Å². The third kappa shape index (κ3) is 0.971. The monoisotopic (exact) mass is 110 g/mol. The van der Waals surface area contributed by atoms with Crippen LogP contribution >= 0.6 is 0 Å². The molecule has 1 atom stereocenters. The largest absolute Gasteiger partial charge is 0.299 e. The Hall–Kier alpha value is -0.590. The summed E-state index contributed by atoms with van der Waals surface area (Å²) in [5.41, 5.74) is 0. The summed E-state index contributed by atoms with van der Waals surface area (Å²) < 4.78 is 0. The van der Waals surface area contributed by atoms with E-state index in [4.69, 9.17) is 0 Å². The minimum Gasteiger partial charge on any atom is -0.299 e. The van der Waals surface area contributed by atoms with E-state index in [0.29, 0.717) is 5.78 Å². The molecular weight excluding hydrogens is 100 g/mol. The molecule has 0 aliphatic heterocycles. The van der Waals surface area contributed by atoms with Crippen molar-refractivity contribution in [2.24, 2.45) is 5.92 Å². The average Bonchev–Trinajstić information content (AvgIpc) is 1.77. The normalized spacial score (nSPS) is 28.6. The highest BCUT2D eigenvalue weighted by Gasteiger charge is 2.10. The summed E-state index contributed by atoms with van der Waals surface area (Å²) in [6.07, 6.45) is 5.75. The quantitative estimate of drug-likeness (QED) is 0.432. The van der Waals surface area contributed by atoms with Crippen LogP contribution in [0.5, 0.6) is 0 Å². The molecule has 0 fully saturated rings. The second kappa shape index (κ2) is 2.12. The standard InChI is InChI=1S/C7H10O/c1-6-4-2-3-5-7(6)8/h2,4,6H,3,5H2,1H3. The van der Waals surface area contributed by atoms with Crippen LogP contribution in [0.4, 0.5) is 0 Å². The first kappa shape index (κ1) is 5.54. The van der Waals surface area contributed by atoms with Gasteiger partial charge in [-0.15, -0.1) is 0 Å². The van der Waals surface area contributed by atoms with E-state index in [1.54, 1.807) is 0 Å². The number of carbonyl (C=O) groups is 1. The molecular formula is C7H10O. The average molecular weight is 110 g/mol. The summed E-state index contributed by atoms with van der Waals surface area (Å²) in [5, 5.41) is 0. The molecule has 0 aromatic rings. The first-order valence-electron chi connectivity index (χ1n) is 3.00. The summed E-state index contributed by atoms with van der Waals surface area (Å²) in [4.78, 5) is 10.7. The molecule has 0 saturated heterocycles. The lowest BCUT2D eigenvalue weighted by Crippen LogP contribution is -2.10. The highest BCUT2D eigenvalue weighted by molar-refractivity contribution is 5.83. The SMILES string of the molecule is CC1C=CCCC1=O. The number of hydrogen-bond acceptors (Lipinski definition) is 1. The summed E-state index contributed by atoms with van der Waals surface area (Å²) >= 11 is 0. The molecule has 0 spiro atoms. The van der Waals surface area contributed by atoms with Crippen molar-refractivity contribution in [2.45, 2.75) is 19.8 Å². The first-order chi connectivity index (χ1) is 3.80. The summed E-state index contributed by atoms with van der Waals surface area (Å²) in [7, 11) is 0. The van der Waals surface area contributed by atoms with Crippen molar-refractivity contribution in [2.75, 3.05) is 0 Å². The van der Waals surface area contributed by atoms with Crippen molar-refractivity contribution in [1.29, 1.82) is 0 Å². The first-order valence-corrected chi connectivity index (χ1v) is 3.00. The van der Waals surface area contributed by atoms with Crippen LogP contribution in [0.2, 0.25) is 0 Å². The number of Topliss-reactive ketones (excluding diaryl/α,β-unsaturated/α-hetero) is 1. The summed E-state index contributed by atoms with van der Waals surface area (Å²) in [5.74, 6) is 0.566. The van der Waals surface area contributed by atoms with E-state index < -0.39 is 0 Å². The van der Waals surface area contributed by atoms with Crippen molar-refractivity contribution in [1.82, 2.24) is 0 Å². The maximum absolute atomic E-state index is 10.7. The van der Waals surface area contributed by atoms with Crippen LogP contribution in [-0.4, -0.2) is 5.78 Å². The van der Waals surface area contributed by atoms with E-state index in [1.807, 2.05) is 13.0 Å². The third-order valence-electron chi connectivity index (χ3n) is 1.49. The van der Waals surface area contributed by atoms with Crippen LogP contribution in [0.25, 0.3) is 0 Å². The maximum atomic E-state index is 10.7. The van der Waals surface area contributed by atoms with Gasteiger partial charge in [-0.25, -0.2) is 0 Å². The van der Waals surface area contributed by atoms with Crippen LogP contribution in [0.15, 0.2) is 12.2 Å². The molecule has 1 aliphatic carbocycles. The Morgan fingerprint density at radius 3 is 2.88 bits per heavy atom. The minimum absolute atomic E-state index is 0.184. The van der Waals surface area contributed by atoms with E-state index in [9.17, 15) is 4.79 Å². The zero-order chi connectivity index (χ0) is 5.98. The van der Waals surface area contributed by atoms with E-state index in [2.05, 4.69) is 6.08 Å². The van der Waals surface area contributed by atoms with Gasteiger partial charge in [0.05, 0.1) is 0 Å². The Morgan fingerprint density at radius 1 is 1.75 bits per heavy atom. The van der Waals surface area contributed by atoms with Gasteiger partial charge in [-0.2, -0.15) is 0 Å². The molecule has 0 amide bonds. The Balaban J connectivity index is 2.60. The summed E-state index contributed by atoms with van der Waals surface area (Å²) in [6, 6.07) is 0. The number of ketones is 1. The van der Waals surface area contributed by atoms with Gasteiger partial charge in [0.1, 0.15) is 5.78 Å². The smallest absolute Gasteiger partial charge is 0.139 e. The highest BCUT2D eigenvalue weighted by Crippen LogP contribution is 2.11. The fraction of sp³-hybridized carbons (Fsp3) is 0.571. The predicted octanol–water partition coefficient (Wildman–Crippen LogP) is 1.54. The van der Waals surface area contributed by atoms with Crippen LogP contribution in [0, 0.1) is 5.92 Å². The Morgan fingerprint density at radius 2 is 2.50 bits per heavy atom. The van der Waals surface area contributed by atoms with Gasteiger partial charge in [0, 0.05) is 12.3 Å². The van der Waals surface area contributed by atoms with Crippen molar-refractivity contribution in [3.8, 4) is 0 Å². The second-order valence-electron chi connectivity index (χ2n) is 2.22. The molecule has 1 heteroatoms. The molecule has 0 aromatic carbocycles. The molecule has 1 nitrogen and oxygen atoms in total. The Bertz CT molecular complexity index is 124. The van der Waals surface area contributed by atoms with Crippen molar-refractivity contribution in [3.05, 3.63) is 12.2 Å². The fourth-order valence-electron chi connectivity index (χ4n) is 0.861. The summed E-state index contributed by atoms with van der Waals surface area (Å²) in [6.45, 7) is 1.94. The third-order valence-corrected chi connectivity index (χ3v) is 1.49. The molecule has 0 bridgehead atoms. The highest BCUT2D eigenvalue weighted by atomic mass is 16.1. The molecule has 0 radical (unpaired) electrons. The van der Waals surface area contributed by atoms with Crippen molar-refractivity contribution < 1.29 is 4.79 Å². The molecule has 0 aromatic heterocycles. The number of rotatable bonds is 0. The van der Waals surface area contributed by atoms with Crippen LogP contribution in [0.3, 0.4) is 0 Å². The molecule has 0 heterocycles. The predicted molar refractivity (Wildman–Crippen MR) is 32.5 cm³/mol. The van der Waals surface area contributed by atoms with Crippen LogP contribution in [0.1, 0.15) is 19.8 Å². The van der Waals surface area contributed by atoms with Gasteiger partial charge < -0.3 is 0 Å². The van der Waals surface area contributed by atoms with Gasteiger partial charge in [0.2, 0.25) is 0 Å². The van der Waals surface area contributed by atoms with Crippen molar-refractivity contribution in [3.63, 3.8) is 0 Å². The Kier molecular flexibility index (Phi) is 1.47. The van der Waals surface area contributed by atoms with Gasteiger partial charge in [0.25, 0.3) is 0 Å². The molecule has 44 valence electrons.